The summed E-state index contributed by atoms with van der Waals surface area (Å²) < 4.78 is 13.0. The smallest absolute Gasteiger partial charge is 0.124 e. The van der Waals surface area contributed by atoms with Crippen molar-refractivity contribution in [2.24, 2.45) is 0 Å². The zero-order valence-corrected chi connectivity index (χ0v) is 9.56. The summed E-state index contributed by atoms with van der Waals surface area (Å²) in [7, 11) is 0. The lowest BCUT2D eigenvalue weighted by molar-refractivity contribution is 0.0792. The molecule has 1 aliphatic heterocycles. The molecule has 0 saturated carbocycles. The number of likely N-dealkylation sites (tertiary alicyclic amines) is 1. The number of aliphatic hydroxyl groups excluding tert-OH is 1. The van der Waals surface area contributed by atoms with Crippen LogP contribution in [-0.2, 0) is 6.54 Å². The van der Waals surface area contributed by atoms with E-state index in [4.69, 9.17) is 5.26 Å². The third kappa shape index (κ3) is 3.02. The molecule has 1 fully saturated rings. The van der Waals surface area contributed by atoms with Crippen molar-refractivity contribution in [1.29, 1.82) is 5.26 Å². The van der Waals surface area contributed by atoms with Crippen molar-refractivity contribution >= 4 is 0 Å². The van der Waals surface area contributed by atoms with Crippen LogP contribution in [0.1, 0.15) is 24.0 Å². The number of hydrogen-bond acceptors (Lipinski definition) is 3. The fourth-order valence-corrected chi connectivity index (χ4v) is 2.11. The first-order valence-electron chi connectivity index (χ1n) is 5.78. The highest BCUT2D eigenvalue weighted by Crippen LogP contribution is 2.17. The largest absolute Gasteiger partial charge is 0.393 e. The van der Waals surface area contributed by atoms with Crippen LogP contribution in [0.4, 0.5) is 4.39 Å². The molecule has 90 valence electrons. The first kappa shape index (κ1) is 12.0. The van der Waals surface area contributed by atoms with Crippen LogP contribution in [-0.4, -0.2) is 29.2 Å². The van der Waals surface area contributed by atoms with E-state index in [1.54, 1.807) is 6.07 Å². The van der Waals surface area contributed by atoms with Gasteiger partial charge in [0.1, 0.15) is 5.82 Å². The number of halogens is 1. The van der Waals surface area contributed by atoms with E-state index in [0.717, 1.165) is 31.5 Å². The Morgan fingerprint density at radius 1 is 1.41 bits per heavy atom. The molecular formula is C13H15FN2O. The van der Waals surface area contributed by atoms with Gasteiger partial charge in [0.25, 0.3) is 0 Å². The minimum atomic E-state index is -0.376. The average Bonchev–Trinajstić information content (AvgIpc) is 2.34. The molecule has 0 atom stereocenters. The van der Waals surface area contributed by atoms with E-state index in [-0.39, 0.29) is 11.9 Å². The Hall–Kier alpha value is -1.44. The lowest BCUT2D eigenvalue weighted by Crippen LogP contribution is -2.35. The molecule has 0 bridgehead atoms. The highest BCUT2D eigenvalue weighted by molar-refractivity contribution is 5.37. The SMILES string of the molecule is N#Cc1cc(F)ccc1CN1CCC(O)CC1. The van der Waals surface area contributed by atoms with Crippen LogP contribution in [0.5, 0.6) is 0 Å². The Bertz CT molecular complexity index is 434. The van der Waals surface area contributed by atoms with Gasteiger partial charge in [0.15, 0.2) is 0 Å². The Labute approximate surface area is 100 Å². The first-order valence-corrected chi connectivity index (χ1v) is 5.78. The van der Waals surface area contributed by atoms with Gasteiger partial charge < -0.3 is 5.11 Å². The van der Waals surface area contributed by atoms with Crippen molar-refractivity contribution in [3.63, 3.8) is 0 Å². The minimum absolute atomic E-state index is 0.199. The van der Waals surface area contributed by atoms with E-state index in [0.29, 0.717) is 12.1 Å². The summed E-state index contributed by atoms with van der Waals surface area (Å²) in [5.74, 6) is -0.376. The van der Waals surface area contributed by atoms with Crippen LogP contribution < -0.4 is 0 Å². The predicted molar refractivity (Wildman–Crippen MR) is 61.6 cm³/mol. The molecular weight excluding hydrogens is 219 g/mol. The summed E-state index contributed by atoms with van der Waals surface area (Å²) in [6, 6.07) is 6.34. The van der Waals surface area contributed by atoms with Gasteiger partial charge in [-0.1, -0.05) is 6.07 Å². The summed E-state index contributed by atoms with van der Waals surface area (Å²) in [6.07, 6.45) is 1.33. The highest BCUT2D eigenvalue weighted by Gasteiger charge is 2.17. The zero-order valence-electron chi connectivity index (χ0n) is 9.56. The second kappa shape index (κ2) is 5.26. The number of nitrogens with zero attached hydrogens (tertiary/aromatic N) is 2. The monoisotopic (exact) mass is 234 g/mol. The van der Waals surface area contributed by atoms with E-state index in [9.17, 15) is 9.50 Å². The lowest BCUT2D eigenvalue weighted by atomic mass is 10.0. The maximum absolute atomic E-state index is 13.0. The van der Waals surface area contributed by atoms with Gasteiger partial charge in [-0.2, -0.15) is 5.26 Å². The van der Waals surface area contributed by atoms with E-state index in [1.165, 1.54) is 12.1 Å². The van der Waals surface area contributed by atoms with Crippen molar-refractivity contribution in [3.05, 3.63) is 35.1 Å². The Morgan fingerprint density at radius 2 is 2.12 bits per heavy atom. The summed E-state index contributed by atoms with van der Waals surface area (Å²) >= 11 is 0. The van der Waals surface area contributed by atoms with Crippen molar-refractivity contribution < 1.29 is 9.50 Å². The van der Waals surface area contributed by atoms with Gasteiger partial charge in [-0.25, -0.2) is 4.39 Å². The van der Waals surface area contributed by atoms with Crippen molar-refractivity contribution in [2.45, 2.75) is 25.5 Å². The molecule has 17 heavy (non-hydrogen) atoms. The minimum Gasteiger partial charge on any atom is -0.393 e. The summed E-state index contributed by atoms with van der Waals surface area (Å²) in [4.78, 5) is 2.18. The molecule has 1 heterocycles. The maximum Gasteiger partial charge on any atom is 0.124 e. The molecule has 1 aromatic carbocycles. The van der Waals surface area contributed by atoms with Crippen LogP contribution in [0, 0.1) is 17.1 Å². The molecule has 0 aliphatic carbocycles. The van der Waals surface area contributed by atoms with Crippen LogP contribution in [0.25, 0.3) is 0 Å². The topological polar surface area (TPSA) is 47.3 Å². The van der Waals surface area contributed by atoms with Gasteiger partial charge in [0.05, 0.1) is 17.7 Å². The number of benzene rings is 1. The second-order valence-electron chi connectivity index (χ2n) is 4.42. The van der Waals surface area contributed by atoms with E-state index >= 15 is 0 Å². The normalized spacial score (nSPS) is 17.9. The molecule has 0 aromatic heterocycles. The number of piperidine rings is 1. The predicted octanol–water partition coefficient (Wildman–Crippen LogP) is 1.65. The lowest BCUT2D eigenvalue weighted by Gasteiger charge is -2.29. The summed E-state index contributed by atoms with van der Waals surface area (Å²) in [5, 5.41) is 18.3. The average molecular weight is 234 g/mol. The van der Waals surface area contributed by atoms with Gasteiger partial charge in [0, 0.05) is 19.6 Å². The molecule has 4 heteroatoms. The van der Waals surface area contributed by atoms with Crippen LogP contribution in [0.15, 0.2) is 18.2 Å². The first-order chi connectivity index (χ1) is 8.19. The number of aliphatic hydroxyl groups is 1. The molecule has 1 aliphatic rings. The van der Waals surface area contributed by atoms with Gasteiger partial charge in [0.2, 0.25) is 0 Å². The van der Waals surface area contributed by atoms with E-state index in [1.807, 2.05) is 6.07 Å². The molecule has 3 nitrogen and oxygen atoms in total. The standard InChI is InChI=1S/C13H15FN2O/c14-12-2-1-10(11(7-12)8-15)9-16-5-3-13(17)4-6-16/h1-2,7,13,17H,3-6,9H2. The third-order valence-corrected chi connectivity index (χ3v) is 3.14. The van der Waals surface area contributed by atoms with Crippen molar-refractivity contribution in [1.82, 2.24) is 4.90 Å². The van der Waals surface area contributed by atoms with Gasteiger partial charge in [-0.15, -0.1) is 0 Å². The molecule has 0 spiro atoms. The Morgan fingerprint density at radius 3 is 2.76 bits per heavy atom. The molecule has 1 N–H and O–H groups in total. The number of hydrogen-bond donors (Lipinski definition) is 1. The van der Waals surface area contributed by atoms with E-state index in [2.05, 4.69) is 4.90 Å². The Balaban J connectivity index is 2.06. The fourth-order valence-electron chi connectivity index (χ4n) is 2.11. The maximum atomic E-state index is 13.0. The molecule has 0 unspecified atom stereocenters. The molecule has 1 aromatic rings. The van der Waals surface area contributed by atoms with Crippen LogP contribution in [0.3, 0.4) is 0 Å². The van der Waals surface area contributed by atoms with Crippen molar-refractivity contribution in [2.75, 3.05) is 13.1 Å². The summed E-state index contributed by atoms with van der Waals surface area (Å²) in [6.45, 7) is 2.29. The molecule has 1 saturated heterocycles. The number of rotatable bonds is 2. The van der Waals surface area contributed by atoms with E-state index < -0.39 is 0 Å². The summed E-state index contributed by atoms with van der Waals surface area (Å²) in [5.41, 5.74) is 1.25. The van der Waals surface area contributed by atoms with Crippen LogP contribution in [0.2, 0.25) is 0 Å². The van der Waals surface area contributed by atoms with Gasteiger partial charge >= 0.3 is 0 Å². The molecule has 0 amide bonds. The highest BCUT2D eigenvalue weighted by atomic mass is 19.1. The van der Waals surface area contributed by atoms with Gasteiger partial charge in [-0.05, 0) is 30.5 Å². The molecule has 2 rings (SSSR count). The fraction of sp³-hybridized carbons (Fsp3) is 0.462. The van der Waals surface area contributed by atoms with Crippen LogP contribution >= 0.6 is 0 Å². The third-order valence-electron chi connectivity index (χ3n) is 3.14. The second-order valence-corrected chi connectivity index (χ2v) is 4.42. The van der Waals surface area contributed by atoms with Crippen molar-refractivity contribution in [3.8, 4) is 6.07 Å². The number of nitriles is 1. The van der Waals surface area contributed by atoms with Gasteiger partial charge in [-0.3, -0.25) is 4.90 Å². The Kier molecular flexibility index (Phi) is 3.72. The molecule has 0 radical (unpaired) electrons. The quantitative estimate of drug-likeness (QED) is 0.846. The zero-order chi connectivity index (χ0) is 12.3.